The molecule has 0 radical (unpaired) electrons. The molecule has 0 aromatic heterocycles. The van der Waals surface area contributed by atoms with E-state index in [1.807, 2.05) is 54.8 Å². The number of hydrogen-bond donors (Lipinski definition) is 2. The standard InChI is InChI=1S/C36H46O7S2/c1-5-7-18-36(19-8-6-2)23-29(26-12-10-9-11-13-26)28-21-32(44-4)31(43-24-30(37)35(38)39)22-33(28)45(40,41)34(36)20-25-14-16-27(42-3)17-15-25/h9-17,21-22,29-30,34,37H,5-8,18-20,23-24H2,1-4H3,(H,38,39). The highest BCUT2D eigenvalue weighted by Crippen LogP contribution is 2.55. The number of unbranched alkanes of at least 4 members (excludes halogenated alkanes) is 2. The van der Waals surface area contributed by atoms with Crippen LogP contribution in [-0.4, -0.2) is 55.9 Å². The van der Waals surface area contributed by atoms with Crippen LogP contribution >= 0.6 is 11.8 Å². The van der Waals surface area contributed by atoms with Gasteiger partial charge in [0.15, 0.2) is 15.9 Å². The smallest absolute Gasteiger partial charge is 0.336 e. The lowest BCUT2D eigenvalue weighted by molar-refractivity contribution is -0.148. The molecule has 0 aliphatic carbocycles. The molecule has 4 rings (SSSR count). The Bertz CT molecular complexity index is 1510. The van der Waals surface area contributed by atoms with Crippen LogP contribution in [0.15, 0.2) is 76.5 Å². The van der Waals surface area contributed by atoms with Gasteiger partial charge < -0.3 is 19.7 Å². The number of methoxy groups -OCH3 is 1. The zero-order chi connectivity index (χ0) is 32.6. The first-order valence-corrected chi connectivity index (χ1v) is 18.5. The van der Waals surface area contributed by atoms with Crippen molar-refractivity contribution in [3.05, 3.63) is 83.4 Å². The molecule has 0 spiro atoms. The van der Waals surface area contributed by atoms with Crippen LogP contribution in [-0.2, 0) is 21.1 Å². The van der Waals surface area contributed by atoms with Crippen molar-refractivity contribution in [2.24, 2.45) is 5.41 Å². The van der Waals surface area contributed by atoms with Crippen LogP contribution in [0.3, 0.4) is 0 Å². The third-order valence-corrected chi connectivity index (χ3v) is 12.3. The molecule has 0 bridgehead atoms. The molecule has 3 atom stereocenters. The van der Waals surface area contributed by atoms with Crippen LogP contribution in [0, 0.1) is 5.41 Å². The van der Waals surface area contributed by atoms with Gasteiger partial charge in [-0.3, -0.25) is 0 Å². The predicted molar refractivity (Wildman–Crippen MR) is 179 cm³/mol. The number of rotatable bonds is 15. The van der Waals surface area contributed by atoms with Gasteiger partial charge in [0.25, 0.3) is 0 Å². The number of carboxylic acids is 1. The summed E-state index contributed by atoms with van der Waals surface area (Å²) in [6.07, 6.45) is 6.57. The van der Waals surface area contributed by atoms with Gasteiger partial charge in [-0.2, -0.15) is 0 Å². The molecule has 0 amide bonds. The Morgan fingerprint density at radius 1 is 1.02 bits per heavy atom. The Morgan fingerprint density at radius 3 is 2.22 bits per heavy atom. The second kappa shape index (κ2) is 15.5. The van der Waals surface area contributed by atoms with Gasteiger partial charge in [-0.25, -0.2) is 13.2 Å². The highest BCUT2D eigenvalue weighted by Gasteiger charge is 2.51. The van der Waals surface area contributed by atoms with Gasteiger partial charge >= 0.3 is 5.97 Å². The number of carboxylic acid groups (broad SMARTS) is 1. The summed E-state index contributed by atoms with van der Waals surface area (Å²) in [4.78, 5) is 12.2. The van der Waals surface area contributed by atoms with Crippen molar-refractivity contribution in [2.45, 2.75) is 92.3 Å². The Kier molecular flexibility index (Phi) is 12.0. The number of hydrogen-bond acceptors (Lipinski definition) is 7. The average Bonchev–Trinajstić information content (AvgIpc) is 3.13. The Morgan fingerprint density at radius 2 is 1.67 bits per heavy atom. The van der Waals surface area contributed by atoms with Gasteiger partial charge in [0.05, 0.1) is 17.3 Å². The van der Waals surface area contributed by atoms with E-state index in [2.05, 4.69) is 26.0 Å². The molecule has 1 aliphatic heterocycles. The minimum absolute atomic E-state index is 0.171. The zero-order valence-electron chi connectivity index (χ0n) is 26.7. The average molecular weight is 655 g/mol. The summed E-state index contributed by atoms with van der Waals surface area (Å²) in [7, 11) is -2.33. The van der Waals surface area contributed by atoms with Crippen LogP contribution in [0.5, 0.6) is 11.5 Å². The molecule has 244 valence electrons. The van der Waals surface area contributed by atoms with Gasteiger partial charge in [0.2, 0.25) is 0 Å². The summed E-state index contributed by atoms with van der Waals surface area (Å²) in [6, 6.07) is 21.3. The topological polar surface area (TPSA) is 110 Å². The quantitative estimate of drug-likeness (QED) is 0.162. The third-order valence-electron chi connectivity index (χ3n) is 9.17. The zero-order valence-corrected chi connectivity index (χ0v) is 28.3. The van der Waals surface area contributed by atoms with Crippen LogP contribution in [0.25, 0.3) is 0 Å². The summed E-state index contributed by atoms with van der Waals surface area (Å²) in [5, 5.41) is 18.5. The molecular formula is C36H46O7S2. The number of aliphatic hydroxyl groups is 1. The van der Waals surface area contributed by atoms with Crippen molar-refractivity contribution in [1.29, 1.82) is 0 Å². The molecule has 45 heavy (non-hydrogen) atoms. The molecule has 7 nitrogen and oxygen atoms in total. The largest absolute Gasteiger partial charge is 0.497 e. The number of ether oxygens (including phenoxy) is 2. The van der Waals surface area contributed by atoms with Crippen molar-refractivity contribution >= 4 is 27.6 Å². The molecule has 1 aliphatic rings. The summed E-state index contributed by atoms with van der Waals surface area (Å²) in [6.45, 7) is 3.82. The summed E-state index contributed by atoms with van der Waals surface area (Å²) in [5.74, 6) is -0.594. The Balaban J connectivity index is 1.99. The van der Waals surface area contributed by atoms with Crippen molar-refractivity contribution in [3.63, 3.8) is 0 Å². The second-order valence-electron chi connectivity index (χ2n) is 12.0. The number of sulfone groups is 1. The van der Waals surface area contributed by atoms with E-state index >= 15 is 8.42 Å². The third kappa shape index (κ3) is 7.87. The Labute approximate surface area is 272 Å². The van der Waals surface area contributed by atoms with Gasteiger partial charge in [-0.15, -0.1) is 11.8 Å². The van der Waals surface area contributed by atoms with Crippen LogP contribution in [0.2, 0.25) is 0 Å². The molecule has 0 fully saturated rings. The van der Waals surface area contributed by atoms with Crippen molar-refractivity contribution in [1.82, 2.24) is 0 Å². The first-order valence-electron chi connectivity index (χ1n) is 15.8. The van der Waals surface area contributed by atoms with E-state index in [1.54, 1.807) is 13.2 Å². The lowest BCUT2D eigenvalue weighted by atomic mass is 9.66. The second-order valence-corrected chi connectivity index (χ2v) is 15.0. The first kappa shape index (κ1) is 34.9. The minimum Gasteiger partial charge on any atom is -0.497 e. The lowest BCUT2D eigenvalue weighted by Gasteiger charge is -2.41. The molecule has 3 unspecified atom stereocenters. The van der Waals surface area contributed by atoms with E-state index in [0.29, 0.717) is 17.7 Å². The van der Waals surface area contributed by atoms with Crippen LogP contribution < -0.4 is 9.47 Å². The highest BCUT2D eigenvalue weighted by atomic mass is 32.2. The minimum atomic E-state index is -3.94. The molecule has 9 heteroatoms. The van der Waals surface area contributed by atoms with Gasteiger partial charge in [-0.1, -0.05) is 82.0 Å². The van der Waals surface area contributed by atoms with Crippen LogP contribution in [0.4, 0.5) is 0 Å². The maximum Gasteiger partial charge on any atom is 0.336 e. The number of benzene rings is 3. The number of carbonyl (C=O) groups is 1. The summed E-state index contributed by atoms with van der Waals surface area (Å²) in [5.41, 5.74) is 2.25. The number of aliphatic carboxylic acids is 1. The van der Waals surface area contributed by atoms with E-state index in [1.165, 1.54) is 11.8 Å². The van der Waals surface area contributed by atoms with Crippen molar-refractivity contribution in [2.75, 3.05) is 20.0 Å². The SMILES string of the molecule is CCCCC1(CCCC)CC(c2ccccc2)c2cc(SC)c(OCC(O)C(=O)O)cc2S(=O)(=O)C1Cc1ccc(OC)cc1. The van der Waals surface area contributed by atoms with Crippen molar-refractivity contribution < 1.29 is 32.9 Å². The Hall–Kier alpha value is -3.01. The van der Waals surface area contributed by atoms with Gasteiger partial charge in [-0.05, 0) is 72.2 Å². The van der Waals surface area contributed by atoms with E-state index in [-0.39, 0.29) is 16.6 Å². The summed E-state index contributed by atoms with van der Waals surface area (Å²) < 4.78 is 41.7. The normalized spacial score (nSPS) is 19.2. The summed E-state index contributed by atoms with van der Waals surface area (Å²) >= 11 is 1.41. The number of aliphatic hydroxyl groups excluding tert-OH is 1. The van der Waals surface area contributed by atoms with E-state index in [4.69, 9.17) is 9.47 Å². The fraction of sp³-hybridized carbons (Fsp3) is 0.472. The van der Waals surface area contributed by atoms with Gasteiger partial charge in [0, 0.05) is 16.9 Å². The number of thioether (sulfide) groups is 1. The van der Waals surface area contributed by atoms with Crippen molar-refractivity contribution in [3.8, 4) is 11.5 Å². The highest BCUT2D eigenvalue weighted by molar-refractivity contribution is 7.98. The lowest BCUT2D eigenvalue weighted by Crippen LogP contribution is -2.42. The predicted octanol–water partition coefficient (Wildman–Crippen LogP) is 7.53. The molecule has 3 aromatic carbocycles. The number of fused-ring (bicyclic) bond motifs is 1. The molecule has 0 saturated carbocycles. The molecule has 1 heterocycles. The fourth-order valence-corrected chi connectivity index (χ4v) is 9.79. The monoisotopic (exact) mass is 654 g/mol. The molecule has 2 N–H and O–H groups in total. The van der Waals surface area contributed by atoms with Gasteiger partial charge in [0.1, 0.15) is 18.1 Å². The fourth-order valence-electron chi connectivity index (χ4n) is 6.71. The van der Waals surface area contributed by atoms with Crippen LogP contribution in [0.1, 0.15) is 81.4 Å². The van der Waals surface area contributed by atoms with E-state index in [0.717, 1.165) is 61.0 Å². The maximum atomic E-state index is 15.2. The molecular weight excluding hydrogens is 609 g/mol. The first-order chi connectivity index (χ1) is 21.6. The van der Waals surface area contributed by atoms with E-state index in [9.17, 15) is 15.0 Å². The molecule has 0 saturated heterocycles. The van der Waals surface area contributed by atoms with E-state index < -0.39 is 39.2 Å². The molecule has 3 aromatic rings. The maximum absolute atomic E-state index is 15.2.